The Hall–Kier alpha value is -3.20. The van der Waals surface area contributed by atoms with E-state index in [0.29, 0.717) is 17.8 Å². The quantitative estimate of drug-likeness (QED) is 0.170. The molecule has 0 amide bonds. The third-order valence-electron chi connectivity index (χ3n) is 3.29. The van der Waals surface area contributed by atoms with E-state index in [1.165, 1.54) is 38.9 Å². The van der Waals surface area contributed by atoms with Crippen molar-refractivity contribution in [3.63, 3.8) is 0 Å². The second-order valence-corrected chi connectivity index (χ2v) is 6.59. The van der Waals surface area contributed by atoms with Crippen LogP contribution in [0.2, 0.25) is 0 Å². The zero-order valence-corrected chi connectivity index (χ0v) is 21.1. The van der Waals surface area contributed by atoms with Crippen LogP contribution in [-0.4, -0.2) is 61.0 Å². The second-order valence-electron chi connectivity index (χ2n) is 6.59. The molecule has 0 rings (SSSR count). The molecule has 0 radical (unpaired) electrons. The Morgan fingerprint density at radius 3 is 1.59 bits per heavy atom. The highest BCUT2D eigenvalue weighted by atomic mass is 16.5. The molecule has 0 aromatic carbocycles. The molecule has 0 spiro atoms. The summed E-state index contributed by atoms with van der Waals surface area (Å²) in [4.78, 5) is 40.5. The number of carbonyl (C=O) groups is 4. The molecular formula is C25H42O9. The third-order valence-corrected chi connectivity index (χ3v) is 3.29. The summed E-state index contributed by atoms with van der Waals surface area (Å²) in [6, 6.07) is 0. The highest BCUT2D eigenvalue weighted by Crippen LogP contribution is 2.04. The molecule has 0 atom stereocenters. The Morgan fingerprint density at radius 1 is 0.794 bits per heavy atom. The van der Waals surface area contributed by atoms with Crippen molar-refractivity contribution in [2.45, 2.75) is 59.3 Å². The van der Waals surface area contributed by atoms with Crippen LogP contribution >= 0.6 is 0 Å². The number of aliphatic hydroxyl groups excluding tert-OH is 1. The summed E-state index contributed by atoms with van der Waals surface area (Å²) in [7, 11) is 1.33. The highest BCUT2D eigenvalue weighted by molar-refractivity contribution is 5.87. The molecule has 196 valence electrons. The zero-order chi connectivity index (χ0) is 27.4. The van der Waals surface area contributed by atoms with Gasteiger partial charge in [-0.2, -0.15) is 0 Å². The summed E-state index contributed by atoms with van der Waals surface area (Å²) in [5, 5.41) is 15.8. The van der Waals surface area contributed by atoms with Crippen LogP contribution in [0.5, 0.6) is 0 Å². The predicted molar refractivity (Wildman–Crippen MR) is 132 cm³/mol. The lowest BCUT2D eigenvalue weighted by Crippen LogP contribution is -2.08. The number of carbonyl (C=O) groups excluding carboxylic acids is 3. The molecule has 0 aromatic rings. The van der Waals surface area contributed by atoms with Gasteiger partial charge >= 0.3 is 23.9 Å². The van der Waals surface area contributed by atoms with Crippen molar-refractivity contribution < 1.29 is 43.6 Å². The van der Waals surface area contributed by atoms with Gasteiger partial charge in [-0.3, -0.25) is 0 Å². The smallest absolute Gasteiger partial charge is 0.333 e. The lowest BCUT2D eigenvalue weighted by Gasteiger charge is -2.01. The van der Waals surface area contributed by atoms with Crippen LogP contribution in [0.4, 0.5) is 0 Å². The molecule has 0 aliphatic heterocycles. The van der Waals surface area contributed by atoms with Gasteiger partial charge in [-0.15, -0.1) is 0 Å². The van der Waals surface area contributed by atoms with Gasteiger partial charge in [0.05, 0.1) is 20.3 Å². The standard InChI is InChI=1S/C11H20O2.C6H10O3.C5H8O2.C3H4O2/c1-3-5-6-7-8-9-10-13-11(12)4-2;1-5(2)6(8)9-4-3-7;1-4(2)5(6)7-3;1-2-3(4)5/h4H,2-3,5-10H2,1H3;7H,1,3-4H2,2H3;1H2,2-3H3;2H,1H2,(H,4,5). The van der Waals surface area contributed by atoms with E-state index in [-0.39, 0.29) is 25.2 Å². The van der Waals surface area contributed by atoms with Crippen molar-refractivity contribution in [3.05, 3.63) is 49.6 Å². The summed E-state index contributed by atoms with van der Waals surface area (Å²) in [5.41, 5.74) is 0.783. The van der Waals surface area contributed by atoms with Crippen LogP contribution in [0, 0.1) is 0 Å². The number of aliphatic hydroxyl groups is 1. The van der Waals surface area contributed by atoms with Crippen LogP contribution in [0.15, 0.2) is 49.6 Å². The maximum absolute atomic E-state index is 10.6. The van der Waals surface area contributed by atoms with E-state index in [1.807, 2.05) is 0 Å². The fraction of sp³-hybridized carbons (Fsp3) is 0.520. The second kappa shape index (κ2) is 29.8. The van der Waals surface area contributed by atoms with E-state index in [0.717, 1.165) is 18.9 Å². The van der Waals surface area contributed by atoms with Gasteiger partial charge in [-0.1, -0.05) is 65.3 Å². The van der Waals surface area contributed by atoms with Gasteiger partial charge in [0.2, 0.25) is 0 Å². The number of esters is 3. The normalized spacial score (nSPS) is 8.50. The number of hydrogen-bond donors (Lipinski definition) is 2. The van der Waals surface area contributed by atoms with Crippen LogP contribution in [-0.2, 0) is 33.4 Å². The summed E-state index contributed by atoms with van der Waals surface area (Å²) < 4.78 is 13.6. The summed E-state index contributed by atoms with van der Waals surface area (Å²) in [5.74, 6) is -2.09. The molecule has 0 aliphatic carbocycles. The number of methoxy groups -OCH3 is 1. The fourth-order valence-corrected chi connectivity index (χ4v) is 1.55. The van der Waals surface area contributed by atoms with Crippen LogP contribution in [0.3, 0.4) is 0 Å². The van der Waals surface area contributed by atoms with E-state index in [1.54, 1.807) is 13.8 Å². The molecule has 0 fully saturated rings. The van der Waals surface area contributed by atoms with E-state index < -0.39 is 11.9 Å². The summed E-state index contributed by atoms with van der Waals surface area (Å²) in [6.45, 7) is 18.8. The Labute approximate surface area is 203 Å². The zero-order valence-electron chi connectivity index (χ0n) is 21.1. The largest absolute Gasteiger partial charge is 0.478 e. The van der Waals surface area contributed by atoms with Gasteiger partial charge in [0.25, 0.3) is 0 Å². The Kier molecular flexibility index (Phi) is 33.4. The average molecular weight is 487 g/mol. The molecule has 0 aliphatic rings. The molecule has 2 N–H and O–H groups in total. The number of carboxylic acids is 1. The molecule has 0 heterocycles. The van der Waals surface area contributed by atoms with Crippen molar-refractivity contribution in [2.24, 2.45) is 0 Å². The number of unbranched alkanes of at least 4 members (excludes halogenated alkanes) is 5. The van der Waals surface area contributed by atoms with Crippen LogP contribution in [0.1, 0.15) is 59.3 Å². The summed E-state index contributed by atoms with van der Waals surface area (Å²) in [6.07, 6.45) is 9.30. The van der Waals surface area contributed by atoms with Gasteiger partial charge in [0.1, 0.15) is 6.61 Å². The minimum atomic E-state index is -0.981. The first-order valence-electron chi connectivity index (χ1n) is 10.8. The molecular weight excluding hydrogens is 444 g/mol. The number of rotatable bonds is 13. The molecule has 0 bridgehead atoms. The van der Waals surface area contributed by atoms with E-state index in [9.17, 15) is 19.2 Å². The number of carboxylic acid groups (broad SMARTS) is 1. The Balaban J connectivity index is -0.000000188. The molecule has 9 nitrogen and oxygen atoms in total. The molecule has 0 saturated heterocycles. The van der Waals surface area contributed by atoms with E-state index in [4.69, 9.17) is 14.9 Å². The van der Waals surface area contributed by atoms with Gasteiger partial charge in [-0.25, -0.2) is 19.2 Å². The average Bonchev–Trinajstić information content (AvgIpc) is 2.82. The molecule has 0 unspecified atom stereocenters. The minimum absolute atomic E-state index is 0.0473. The SMILES string of the molecule is C=C(C)C(=O)OC.C=C(C)C(=O)OCCO.C=CC(=O)O.C=CC(=O)OCCCCCCCC. The van der Waals surface area contributed by atoms with Gasteiger partial charge < -0.3 is 24.4 Å². The molecule has 0 saturated carbocycles. The topological polar surface area (TPSA) is 136 Å². The Morgan fingerprint density at radius 2 is 1.26 bits per heavy atom. The highest BCUT2D eigenvalue weighted by Gasteiger charge is 2.00. The lowest BCUT2D eigenvalue weighted by atomic mass is 10.1. The van der Waals surface area contributed by atoms with E-state index >= 15 is 0 Å². The predicted octanol–water partition coefficient (Wildman–Crippen LogP) is 4.17. The lowest BCUT2D eigenvalue weighted by molar-refractivity contribution is -0.140. The van der Waals surface area contributed by atoms with Crippen LogP contribution in [0.25, 0.3) is 0 Å². The molecule has 9 heteroatoms. The number of aliphatic carboxylic acids is 1. The first-order chi connectivity index (χ1) is 15.9. The fourth-order valence-electron chi connectivity index (χ4n) is 1.55. The Bertz CT molecular complexity index is 622. The summed E-state index contributed by atoms with van der Waals surface area (Å²) >= 11 is 0. The van der Waals surface area contributed by atoms with Crippen molar-refractivity contribution in [2.75, 3.05) is 26.9 Å². The maximum atomic E-state index is 10.6. The van der Waals surface area contributed by atoms with Gasteiger partial charge in [0.15, 0.2) is 0 Å². The van der Waals surface area contributed by atoms with Crippen molar-refractivity contribution in [1.82, 2.24) is 0 Å². The van der Waals surface area contributed by atoms with Gasteiger partial charge in [0, 0.05) is 23.3 Å². The van der Waals surface area contributed by atoms with Crippen molar-refractivity contribution in [3.8, 4) is 0 Å². The van der Waals surface area contributed by atoms with Crippen molar-refractivity contribution >= 4 is 23.9 Å². The van der Waals surface area contributed by atoms with E-state index in [2.05, 4.69) is 42.7 Å². The first-order valence-corrected chi connectivity index (χ1v) is 10.8. The number of hydrogen-bond acceptors (Lipinski definition) is 8. The maximum Gasteiger partial charge on any atom is 0.333 e. The van der Waals surface area contributed by atoms with Crippen LogP contribution < -0.4 is 0 Å². The van der Waals surface area contributed by atoms with Crippen molar-refractivity contribution in [1.29, 1.82) is 0 Å². The van der Waals surface area contributed by atoms with Gasteiger partial charge in [-0.05, 0) is 20.3 Å². The molecule has 34 heavy (non-hydrogen) atoms. The minimum Gasteiger partial charge on any atom is -0.478 e. The number of ether oxygens (including phenoxy) is 3. The third kappa shape index (κ3) is 39.3. The monoisotopic (exact) mass is 486 g/mol. The first kappa shape index (κ1) is 38.1. The molecule has 0 aromatic heterocycles.